The van der Waals surface area contributed by atoms with E-state index in [1.54, 1.807) is 0 Å². The summed E-state index contributed by atoms with van der Waals surface area (Å²) in [5, 5.41) is 5.64. The number of nitrogens with one attached hydrogen (secondary N) is 2. The summed E-state index contributed by atoms with van der Waals surface area (Å²) in [7, 11) is 0. The van der Waals surface area contributed by atoms with Gasteiger partial charge in [-0.1, -0.05) is 37.3 Å². The molecule has 0 aliphatic carbocycles. The van der Waals surface area contributed by atoms with Gasteiger partial charge >= 0.3 is 6.03 Å². The zero-order valence-corrected chi connectivity index (χ0v) is 8.21. The molecule has 1 aliphatic heterocycles. The van der Waals surface area contributed by atoms with Crippen molar-refractivity contribution in [2.75, 3.05) is 13.1 Å². The Labute approximate surface area is 83.5 Å². The summed E-state index contributed by atoms with van der Waals surface area (Å²) in [6, 6.07) is 10.2. The average molecular weight is 190 g/mol. The molecule has 14 heavy (non-hydrogen) atoms. The SMILES string of the molecule is CC1(c2ccccc2)CNC(=O)NC1. The molecule has 0 aromatic heterocycles. The van der Waals surface area contributed by atoms with Gasteiger partial charge in [-0.2, -0.15) is 0 Å². The minimum atomic E-state index is -0.0709. The fraction of sp³-hybridized carbons (Fsp3) is 0.364. The van der Waals surface area contributed by atoms with Gasteiger partial charge in [-0.25, -0.2) is 4.79 Å². The van der Waals surface area contributed by atoms with E-state index in [9.17, 15) is 4.79 Å². The Morgan fingerprint density at radius 2 is 1.71 bits per heavy atom. The first-order chi connectivity index (χ1) is 6.71. The summed E-state index contributed by atoms with van der Waals surface area (Å²) >= 11 is 0. The fourth-order valence-corrected chi connectivity index (χ4v) is 1.72. The van der Waals surface area contributed by atoms with Gasteiger partial charge in [0, 0.05) is 18.5 Å². The lowest BCUT2D eigenvalue weighted by Gasteiger charge is -2.34. The highest BCUT2D eigenvalue weighted by molar-refractivity contribution is 5.75. The van der Waals surface area contributed by atoms with Crippen LogP contribution in [0.1, 0.15) is 12.5 Å². The van der Waals surface area contributed by atoms with Crippen LogP contribution in [0.3, 0.4) is 0 Å². The molecule has 1 aromatic carbocycles. The monoisotopic (exact) mass is 190 g/mol. The second-order valence-corrected chi connectivity index (χ2v) is 3.96. The van der Waals surface area contributed by atoms with E-state index in [1.807, 2.05) is 18.2 Å². The summed E-state index contributed by atoms with van der Waals surface area (Å²) in [5.74, 6) is 0. The molecule has 3 nitrogen and oxygen atoms in total. The molecule has 74 valence electrons. The molecule has 1 aromatic rings. The van der Waals surface area contributed by atoms with E-state index in [0.717, 1.165) is 0 Å². The maximum absolute atomic E-state index is 11.0. The third-order valence-electron chi connectivity index (χ3n) is 2.75. The van der Waals surface area contributed by atoms with Crippen molar-refractivity contribution >= 4 is 6.03 Å². The molecule has 0 saturated carbocycles. The third kappa shape index (κ3) is 1.58. The zero-order valence-electron chi connectivity index (χ0n) is 8.21. The molecule has 0 radical (unpaired) electrons. The summed E-state index contributed by atoms with van der Waals surface area (Å²) in [6.07, 6.45) is 0. The zero-order chi connectivity index (χ0) is 10.0. The minimum absolute atomic E-state index is 0.00910. The van der Waals surface area contributed by atoms with Crippen molar-refractivity contribution < 1.29 is 4.79 Å². The molecule has 0 spiro atoms. The van der Waals surface area contributed by atoms with Crippen LogP contribution in [0.25, 0.3) is 0 Å². The van der Waals surface area contributed by atoms with Gasteiger partial charge in [-0.15, -0.1) is 0 Å². The van der Waals surface area contributed by atoms with Crippen LogP contribution in [-0.4, -0.2) is 19.1 Å². The molecule has 0 unspecified atom stereocenters. The lowest BCUT2D eigenvalue weighted by Crippen LogP contribution is -2.55. The fourth-order valence-electron chi connectivity index (χ4n) is 1.72. The second-order valence-electron chi connectivity index (χ2n) is 3.96. The number of rotatable bonds is 1. The van der Waals surface area contributed by atoms with E-state index in [2.05, 4.69) is 29.7 Å². The molecule has 1 saturated heterocycles. The first kappa shape index (κ1) is 9.06. The molecule has 1 heterocycles. The quantitative estimate of drug-likeness (QED) is 0.687. The standard InChI is InChI=1S/C11H14N2O/c1-11(7-12-10(14)13-8-11)9-5-3-2-4-6-9/h2-6H,7-8H2,1H3,(H2,12,13,14). The maximum Gasteiger partial charge on any atom is 0.314 e. The summed E-state index contributed by atoms with van der Waals surface area (Å²) < 4.78 is 0. The second kappa shape index (κ2) is 3.33. The Kier molecular flexibility index (Phi) is 2.15. The van der Waals surface area contributed by atoms with Crippen LogP contribution in [-0.2, 0) is 5.41 Å². The van der Waals surface area contributed by atoms with Crippen molar-refractivity contribution in [1.29, 1.82) is 0 Å². The molecule has 2 amide bonds. The highest BCUT2D eigenvalue weighted by Crippen LogP contribution is 2.23. The van der Waals surface area contributed by atoms with E-state index < -0.39 is 0 Å². The normalized spacial score (nSPS) is 19.6. The van der Waals surface area contributed by atoms with Crippen LogP contribution in [0.15, 0.2) is 30.3 Å². The topological polar surface area (TPSA) is 41.1 Å². The van der Waals surface area contributed by atoms with Gasteiger partial charge in [0.1, 0.15) is 0 Å². The van der Waals surface area contributed by atoms with Gasteiger partial charge in [0.2, 0.25) is 0 Å². The number of carbonyl (C=O) groups is 1. The molecule has 2 rings (SSSR count). The number of benzene rings is 1. The average Bonchev–Trinajstić information content (AvgIpc) is 2.24. The van der Waals surface area contributed by atoms with Crippen molar-refractivity contribution in [1.82, 2.24) is 10.6 Å². The van der Waals surface area contributed by atoms with E-state index in [0.29, 0.717) is 13.1 Å². The lowest BCUT2D eigenvalue weighted by atomic mass is 9.81. The predicted octanol–water partition coefficient (Wildman–Crippen LogP) is 1.26. The number of hydrogen-bond acceptors (Lipinski definition) is 1. The summed E-state index contributed by atoms with van der Waals surface area (Å²) in [4.78, 5) is 11.0. The van der Waals surface area contributed by atoms with Crippen LogP contribution in [0.2, 0.25) is 0 Å². The van der Waals surface area contributed by atoms with Crippen LogP contribution in [0.4, 0.5) is 4.79 Å². The first-order valence-corrected chi connectivity index (χ1v) is 4.78. The Morgan fingerprint density at radius 3 is 2.29 bits per heavy atom. The summed E-state index contributed by atoms with van der Waals surface area (Å²) in [5.41, 5.74) is 1.27. The van der Waals surface area contributed by atoms with E-state index >= 15 is 0 Å². The number of hydrogen-bond donors (Lipinski definition) is 2. The Balaban J connectivity index is 2.21. The molecule has 2 N–H and O–H groups in total. The highest BCUT2D eigenvalue weighted by Gasteiger charge is 2.30. The van der Waals surface area contributed by atoms with Crippen LogP contribution >= 0.6 is 0 Å². The smallest absolute Gasteiger partial charge is 0.314 e. The molecule has 0 bridgehead atoms. The molecule has 1 aliphatic rings. The lowest BCUT2D eigenvalue weighted by molar-refractivity contribution is 0.225. The summed E-state index contributed by atoms with van der Waals surface area (Å²) in [6.45, 7) is 3.54. The van der Waals surface area contributed by atoms with E-state index in [1.165, 1.54) is 5.56 Å². The van der Waals surface area contributed by atoms with E-state index in [-0.39, 0.29) is 11.4 Å². The molecule has 0 atom stereocenters. The van der Waals surface area contributed by atoms with Gasteiger partial charge in [-0.05, 0) is 5.56 Å². The van der Waals surface area contributed by atoms with E-state index in [4.69, 9.17) is 0 Å². The van der Waals surface area contributed by atoms with Gasteiger partial charge < -0.3 is 10.6 Å². The van der Waals surface area contributed by atoms with Crippen molar-refractivity contribution in [2.45, 2.75) is 12.3 Å². The molecule has 3 heteroatoms. The third-order valence-corrected chi connectivity index (χ3v) is 2.75. The predicted molar refractivity (Wildman–Crippen MR) is 55.2 cm³/mol. The minimum Gasteiger partial charge on any atom is -0.337 e. The van der Waals surface area contributed by atoms with Gasteiger partial charge in [-0.3, -0.25) is 0 Å². The number of amides is 2. The Morgan fingerprint density at radius 1 is 1.14 bits per heavy atom. The first-order valence-electron chi connectivity index (χ1n) is 4.78. The molecular weight excluding hydrogens is 176 g/mol. The maximum atomic E-state index is 11.0. The van der Waals surface area contributed by atoms with Crippen LogP contribution in [0, 0.1) is 0 Å². The highest BCUT2D eigenvalue weighted by atomic mass is 16.2. The van der Waals surface area contributed by atoms with Crippen molar-refractivity contribution in [3.63, 3.8) is 0 Å². The van der Waals surface area contributed by atoms with Gasteiger partial charge in [0.25, 0.3) is 0 Å². The molecular formula is C11H14N2O. The van der Waals surface area contributed by atoms with Crippen molar-refractivity contribution in [3.8, 4) is 0 Å². The van der Waals surface area contributed by atoms with Gasteiger partial charge in [0.15, 0.2) is 0 Å². The molecule has 1 fully saturated rings. The van der Waals surface area contributed by atoms with Crippen LogP contribution in [0.5, 0.6) is 0 Å². The van der Waals surface area contributed by atoms with Crippen LogP contribution < -0.4 is 10.6 Å². The van der Waals surface area contributed by atoms with Crippen molar-refractivity contribution in [3.05, 3.63) is 35.9 Å². The number of carbonyl (C=O) groups excluding carboxylic acids is 1. The van der Waals surface area contributed by atoms with Crippen molar-refractivity contribution in [2.24, 2.45) is 0 Å². The largest absolute Gasteiger partial charge is 0.337 e. The Hall–Kier alpha value is -1.51. The number of urea groups is 1. The van der Waals surface area contributed by atoms with Gasteiger partial charge in [0.05, 0.1) is 0 Å². The Bertz CT molecular complexity index is 324.